The van der Waals surface area contributed by atoms with Gasteiger partial charge >= 0.3 is 0 Å². The summed E-state index contributed by atoms with van der Waals surface area (Å²) in [5.74, 6) is 1.00. The van der Waals surface area contributed by atoms with Crippen LogP contribution in [0.5, 0.6) is 11.5 Å². The van der Waals surface area contributed by atoms with Gasteiger partial charge in [-0.15, -0.1) is 0 Å². The highest BCUT2D eigenvalue weighted by Gasteiger charge is 2.34. The third-order valence-electron chi connectivity index (χ3n) is 3.26. The highest BCUT2D eigenvalue weighted by atomic mass is 16.5. The molecule has 0 bridgehead atoms. The number of hydrogen-bond acceptors (Lipinski definition) is 4. The molecule has 0 heterocycles. The zero-order valence-electron chi connectivity index (χ0n) is 11.4. The first-order chi connectivity index (χ1) is 9.22. The standard InChI is InChI=1S/C14H20N2O3/c1-18-11-4-3-5-12(19-2)13(11)14(17)16(9-8-15)10-6-7-10/h3-5,10H,6-9,15H2,1-2H3. The highest BCUT2D eigenvalue weighted by Crippen LogP contribution is 2.34. The normalized spacial score (nSPS) is 14.1. The van der Waals surface area contributed by atoms with Crippen molar-refractivity contribution in [1.82, 2.24) is 4.90 Å². The van der Waals surface area contributed by atoms with Crippen molar-refractivity contribution in [2.24, 2.45) is 5.73 Å². The van der Waals surface area contributed by atoms with Gasteiger partial charge in [-0.2, -0.15) is 0 Å². The van der Waals surface area contributed by atoms with Crippen molar-refractivity contribution < 1.29 is 14.3 Å². The van der Waals surface area contributed by atoms with Crippen LogP contribution in [0.3, 0.4) is 0 Å². The molecule has 1 aliphatic carbocycles. The van der Waals surface area contributed by atoms with Crippen LogP contribution in [-0.4, -0.2) is 44.2 Å². The van der Waals surface area contributed by atoms with Crippen LogP contribution in [-0.2, 0) is 0 Å². The lowest BCUT2D eigenvalue weighted by atomic mass is 10.1. The van der Waals surface area contributed by atoms with Crippen LogP contribution in [0.25, 0.3) is 0 Å². The molecule has 19 heavy (non-hydrogen) atoms. The molecule has 0 saturated heterocycles. The van der Waals surface area contributed by atoms with Crippen molar-refractivity contribution in [3.05, 3.63) is 23.8 Å². The van der Waals surface area contributed by atoms with Crippen LogP contribution in [0.2, 0.25) is 0 Å². The first-order valence-electron chi connectivity index (χ1n) is 6.45. The molecule has 1 aliphatic rings. The Balaban J connectivity index is 2.35. The number of carbonyl (C=O) groups is 1. The van der Waals surface area contributed by atoms with Gasteiger partial charge in [-0.3, -0.25) is 4.79 Å². The van der Waals surface area contributed by atoms with E-state index >= 15 is 0 Å². The average Bonchev–Trinajstić information content (AvgIpc) is 3.27. The highest BCUT2D eigenvalue weighted by molar-refractivity contribution is 6.00. The second kappa shape index (κ2) is 5.93. The summed E-state index contributed by atoms with van der Waals surface area (Å²) in [5.41, 5.74) is 6.08. The van der Waals surface area contributed by atoms with Crippen LogP contribution in [0.1, 0.15) is 23.2 Å². The molecule has 2 N–H and O–H groups in total. The lowest BCUT2D eigenvalue weighted by Crippen LogP contribution is -2.37. The Morgan fingerprint density at radius 3 is 2.32 bits per heavy atom. The van der Waals surface area contributed by atoms with Crippen molar-refractivity contribution in [3.8, 4) is 11.5 Å². The third-order valence-corrected chi connectivity index (χ3v) is 3.26. The average molecular weight is 264 g/mol. The molecule has 1 aromatic rings. The van der Waals surface area contributed by atoms with Crippen molar-refractivity contribution in [2.75, 3.05) is 27.3 Å². The molecule has 0 atom stereocenters. The number of rotatable bonds is 6. The van der Waals surface area contributed by atoms with Gasteiger partial charge in [0.15, 0.2) is 0 Å². The Labute approximate surface area is 113 Å². The zero-order chi connectivity index (χ0) is 13.8. The molecule has 0 radical (unpaired) electrons. The van der Waals surface area contributed by atoms with Gasteiger partial charge in [0, 0.05) is 19.1 Å². The van der Waals surface area contributed by atoms with Crippen LogP contribution in [0, 0.1) is 0 Å². The lowest BCUT2D eigenvalue weighted by molar-refractivity contribution is 0.0741. The van der Waals surface area contributed by atoms with Gasteiger partial charge in [-0.1, -0.05) is 6.07 Å². The van der Waals surface area contributed by atoms with Gasteiger partial charge in [0.2, 0.25) is 0 Å². The first kappa shape index (κ1) is 13.7. The van der Waals surface area contributed by atoms with Crippen LogP contribution < -0.4 is 15.2 Å². The molecule has 1 amide bonds. The van der Waals surface area contributed by atoms with Gasteiger partial charge in [0.25, 0.3) is 5.91 Å². The minimum atomic E-state index is -0.0674. The third kappa shape index (κ3) is 2.81. The number of hydrogen-bond donors (Lipinski definition) is 1. The van der Waals surface area contributed by atoms with Crippen LogP contribution in [0.4, 0.5) is 0 Å². The molecule has 0 aliphatic heterocycles. The van der Waals surface area contributed by atoms with Crippen molar-refractivity contribution in [1.29, 1.82) is 0 Å². The maximum Gasteiger partial charge on any atom is 0.261 e. The number of nitrogens with two attached hydrogens (primary N) is 1. The maximum absolute atomic E-state index is 12.7. The summed E-state index contributed by atoms with van der Waals surface area (Å²) in [7, 11) is 3.10. The molecule has 5 nitrogen and oxygen atoms in total. The summed E-state index contributed by atoms with van der Waals surface area (Å²) < 4.78 is 10.6. The minimum absolute atomic E-state index is 0.0674. The molecule has 1 saturated carbocycles. The molecule has 5 heteroatoms. The van der Waals surface area contributed by atoms with E-state index in [4.69, 9.17) is 15.2 Å². The fourth-order valence-electron chi connectivity index (χ4n) is 2.18. The first-order valence-corrected chi connectivity index (χ1v) is 6.45. The monoisotopic (exact) mass is 264 g/mol. The largest absolute Gasteiger partial charge is 0.496 e. The van der Waals surface area contributed by atoms with Crippen LogP contribution >= 0.6 is 0 Å². The Morgan fingerprint density at radius 2 is 1.89 bits per heavy atom. The number of ether oxygens (including phenoxy) is 2. The van der Waals surface area contributed by atoms with Gasteiger partial charge in [0.05, 0.1) is 14.2 Å². The van der Waals surface area contributed by atoms with Gasteiger partial charge in [0.1, 0.15) is 17.1 Å². The van der Waals surface area contributed by atoms with Crippen LogP contribution in [0.15, 0.2) is 18.2 Å². The summed E-state index contributed by atoms with van der Waals surface area (Å²) in [6, 6.07) is 5.65. The van der Waals surface area contributed by atoms with E-state index in [2.05, 4.69) is 0 Å². The predicted octanol–water partition coefficient (Wildman–Crippen LogP) is 1.27. The van der Waals surface area contributed by atoms with Crippen molar-refractivity contribution >= 4 is 5.91 Å². The SMILES string of the molecule is COc1cccc(OC)c1C(=O)N(CCN)C1CC1. The fourth-order valence-corrected chi connectivity index (χ4v) is 2.18. The predicted molar refractivity (Wildman–Crippen MR) is 72.7 cm³/mol. The number of nitrogens with zero attached hydrogens (tertiary/aromatic N) is 1. The molecular weight excluding hydrogens is 244 g/mol. The second-order valence-electron chi connectivity index (χ2n) is 4.56. The molecule has 0 aromatic heterocycles. The smallest absolute Gasteiger partial charge is 0.261 e. The quantitative estimate of drug-likeness (QED) is 0.840. The van der Waals surface area contributed by atoms with Gasteiger partial charge < -0.3 is 20.1 Å². The van der Waals surface area contributed by atoms with E-state index < -0.39 is 0 Å². The van der Waals surface area contributed by atoms with Crippen molar-refractivity contribution in [2.45, 2.75) is 18.9 Å². The molecule has 1 aromatic carbocycles. The maximum atomic E-state index is 12.7. The minimum Gasteiger partial charge on any atom is -0.496 e. The lowest BCUT2D eigenvalue weighted by Gasteiger charge is -2.23. The summed E-state index contributed by atoms with van der Waals surface area (Å²) in [6.07, 6.45) is 2.09. The molecule has 0 spiro atoms. The summed E-state index contributed by atoms with van der Waals surface area (Å²) in [6.45, 7) is 1.02. The summed E-state index contributed by atoms with van der Waals surface area (Å²) in [5, 5.41) is 0. The Kier molecular flexibility index (Phi) is 4.27. The zero-order valence-corrected chi connectivity index (χ0v) is 11.4. The second-order valence-corrected chi connectivity index (χ2v) is 4.56. The molecule has 104 valence electrons. The van der Waals surface area contributed by atoms with Crippen molar-refractivity contribution in [3.63, 3.8) is 0 Å². The van der Waals surface area contributed by atoms with E-state index in [9.17, 15) is 4.79 Å². The number of benzene rings is 1. The summed E-state index contributed by atoms with van der Waals surface area (Å²) in [4.78, 5) is 14.5. The Hall–Kier alpha value is -1.75. The van der Waals surface area contributed by atoms with E-state index in [1.54, 1.807) is 32.4 Å². The number of amides is 1. The molecule has 1 fully saturated rings. The van der Waals surface area contributed by atoms with E-state index in [0.29, 0.717) is 36.2 Å². The topological polar surface area (TPSA) is 64.8 Å². The molecule has 0 unspecified atom stereocenters. The Morgan fingerprint density at radius 1 is 1.32 bits per heavy atom. The summed E-state index contributed by atoms with van der Waals surface area (Å²) >= 11 is 0. The molecule has 2 rings (SSSR count). The van der Waals surface area contributed by atoms with Gasteiger partial charge in [-0.05, 0) is 25.0 Å². The Bertz CT molecular complexity index is 436. The van der Waals surface area contributed by atoms with E-state index in [1.807, 2.05) is 4.90 Å². The number of methoxy groups -OCH3 is 2. The fraction of sp³-hybridized carbons (Fsp3) is 0.500. The van der Waals surface area contributed by atoms with E-state index in [1.165, 1.54) is 0 Å². The van der Waals surface area contributed by atoms with Gasteiger partial charge in [-0.25, -0.2) is 0 Å². The number of carbonyl (C=O) groups excluding carboxylic acids is 1. The molecular formula is C14H20N2O3. The van der Waals surface area contributed by atoms with E-state index in [-0.39, 0.29) is 5.91 Å². The van der Waals surface area contributed by atoms with E-state index in [0.717, 1.165) is 12.8 Å².